The number of aromatic nitrogens is 3. The molecule has 1 aromatic heterocycles. The minimum Gasteiger partial charge on any atom is -0.508 e. The first-order valence-electron chi connectivity index (χ1n) is 10.2. The smallest absolute Gasteiger partial charge is 0.196 e. The van der Waals surface area contributed by atoms with E-state index >= 15 is 0 Å². The van der Waals surface area contributed by atoms with Gasteiger partial charge in [0.05, 0.1) is 11.3 Å². The highest BCUT2D eigenvalue weighted by molar-refractivity contribution is 7.99. The van der Waals surface area contributed by atoms with Gasteiger partial charge in [-0.05, 0) is 36.4 Å². The molecule has 1 aliphatic rings. The highest BCUT2D eigenvalue weighted by Gasteiger charge is 2.29. The minimum absolute atomic E-state index is 0.0220. The van der Waals surface area contributed by atoms with Crippen molar-refractivity contribution in [3.05, 3.63) is 84.2 Å². The van der Waals surface area contributed by atoms with Crippen LogP contribution in [0.25, 0.3) is 5.69 Å². The number of ether oxygens (including phenoxy) is 2. The Morgan fingerprint density at radius 3 is 2.55 bits per heavy atom. The van der Waals surface area contributed by atoms with Crippen LogP contribution in [-0.4, -0.2) is 43.1 Å². The number of thioether (sulfide) groups is 1. The van der Waals surface area contributed by atoms with Crippen LogP contribution in [0.3, 0.4) is 0 Å². The number of aromatic hydroxyl groups is 2. The molecule has 0 radical (unpaired) electrons. The first-order chi connectivity index (χ1) is 16.1. The zero-order chi connectivity index (χ0) is 22.8. The van der Waals surface area contributed by atoms with Crippen molar-refractivity contribution >= 4 is 17.5 Å². The molecule has 0 amide bonds. The second-order valence-electron chi connectivity index (χ2n) is 7.29. The summed E-state index contributed by atoms with van der Waals surface area (Å²) in [5.41, 5.74) is 0.953. The van der Waals surface area contributed by atoms with Crippen LogP contribution in [0.4, 0.5) is 0 Å². The van der Waals surface area contributed by atoms with Crippen molar-refractivity contribution < 1.29 is 24.5 Å². The lowest BCUT2D eigenvalue weighted by Gasteiger charge is -2.26. The Kier molecular flexibility index (Phi) is 5.62. The molecular weight excluding hydrogens is 442 g/mol. The lowest BCUT2D eigenvalue weighted by Crippen LogP contribution is -2.24. The quantitative estimate of drug-likeness (QED) is 0.326. The highest BCUT2D eigenvalue weighted by atomic mass is 32.2. The van der Waals surface area contributed by atoms with Crippen LogP contribution < -0.4 is 9.47 Å². The van der Waals surface area contributed by atoms with Crippen molar-refractivity contribution in [3.63, 3.8) is 0 Å². The van der Waals surface area contributed by atoms with Crippen molar-refractivity contribution in [2.24, 2.45) is 0 Å². The van der Waals surface area contributed by atoms with Gasteiger partial charge in [-0.25, -0.2) is 0 Å². The van der Waals surface area contributed by atoms with Gasteiger partial charge < -0.3 is 19.7 Å². The predicted molar refractivity (Wildman–Crippen MR) is 121 cm³/mol. The molecule has 33 heavy (non-hydrogen) atoms. The van der Waals surface area contributed by atoms with Crippen LogP contribution in [0.1, 0.15) is 22.3 Å². The summed E-state index contributed by atoms with van der Waals surface area (Å²) < 4.78 is 13.8. The second-order valence-corrected chi connectivity index (χ2v) is 8.23. The zero-order valence-electron chi connectivity index (χ0n) is 17.3. The Morgan fingerprint density at radius 2 is 1.76 bits per heavy atom. The molecule has 0 aliphatic carbocycles. The SMILES string of the molecule is O=C(CSc1nnc([C@H]2COc3ccccc3O2)n1-c1ccccc1)c1ccc(O)cc1O. The van der Waals surface area contributed by atoms with Crippen molar-refractivity contribution in [2.75, 3.05) is 12.4 Å². The van der Waals surface area contributed by atoms with Crippen LogP contribution in [-0.2, 0) is 0 Å². The van der Waals surface area contributed by atoms with Gasteiger partial charge in [0.1, 0.15) is 18.1 Å². The van der Waals surface area contributed by atoms with E-state index in [4.69, 9.17) is 9.47 Å². The largest absolute Gasteiger partial charge is 0.508 e. The van der Waals surface area contributed by atoms with E-state index in [-0.39, 0.29) is 35.2 Å². The van der Waals surface area contributed by atoms with Crippen LogP contribution >= 0.6 is 11.8 Å². The molecule has 4 aromatic rings. The van der Waals surface area contributed by atoms with Gasteiger partial charge in [-0.2, -0.15) is 0 Å². The second kappa shape index (κ2) is 8.87. The number of nitrogens with zero attached hydrogens (tertiary/aromatic N) is 3. The molecule has 3 aromatic carbocycles. The maximum absolute atomic E-state index is 12.7. The maximum atomic E-state index is 12.7. The first-order valence-corrected chi connectivity index (χ1v) is 11.2. The summed E-state index contributed by atoms with van der Waals surface area (Å²) in [6.07, 6.45) is -0.487. The molecule has 5 rings (SSSR count). The molecule has 9 heteroatoms. The average Bonchev–Trinajstić information content (AvgIpc) is 3.27. The Balaban J connectivity index is 1.44. The van der Waals surface area contributed by atoms with E-state index in [1.165, 1.54) is 23.9 Å². The van der Waals surface area contributed by atoms with E-state index in [0.717, 1.165) is 11.8 Å². The molecule has 2 N–H and O–H groups in total. The van der Waals surface area contributed by atoms with Crippen molar-refractivity contribution in [2.45, 2.75) is 11.3 Å². The number of hydrogen-bond acceptors (Lipinski definition) is 8. The third-order valence-electron chi connectivity index (χ3n) is 5.08. The lowest BCUT2D eigenvalue weighted by atomic mass is 10.1. The van der Waals surface area contributed by atoms with E-state index in [9.17, 15) is 15.0 Å². The van der Waals surface area contributed by atoms with Crippen molar-refractivity contribution in [3.8, 4) is 28.7 Å². The molecule has 2 heterocycles. The fraction of sp³-hybridized carbons (Fsp3) is 0.125. The van der Waals surface area contributed by atoms with Crippen LogP contribution in [0.15, 0.2) is 78.0 Å². The fourth-order valence-corrected chi connectivity index (χ4v) is 4.36. The predicted octanol–water partition coefficient (Wildman–Crippen LogP) is 4.17. The summed E-state index contributed by atoms with van der Waals surface area (Å²) in [4.78, 5) is 12.7. The van der Waals surface area contributed by atoms with Crippen molar-refractivity contribution in [1.82, 2.24) is 14.8 Å². The van der Waals surface area contributed by atoms with Gasteiger partial charge in [0.2, 0.25) is 0 Å². The van der Waals surface area contributed by atoms with E-state index in [2.05, 4.69) is 10.2 Å². The lowest BCUT2D eigenvalue weighted by molar-refractivity contribution is 0.0835. The summed E-state index contributed by atoms with van der Waals surface area (Å²) in [6, 6.07) is 20.9. The molecule has 0 unspecified atom stereocenters. The monoisotopic (exact) mass is 461 g/mol. The van der Waals surface area contributed by atoms with Gasteiger partial charge in [0.15, 0.2) is 34.4 Å². The average molecular weight is 461 g/mol. The molecule has 1 atom stereocenters. The molecule has 1 aliphatic heterocycles. The Morgan fingerprint density at radius 1 is 1.00 bits per heavy atom. The van der Waals surface area contributed by atoms with E-state index < -0.39 is 6.10 Å². The zero-order valence-corrected chi connectivity index (χ0v) is 18.1. The Labute approximate surface area is 193 Å². The Bertz CT molecular complexity index is 1310. The number of benzene rings is 3. The minimum atomic E-state index is -0.487. The van der Waals surface area contributed by atoms with Crippen LogP contribution in [0, 0.1) is 0 Å². The standard InChI is InChI=1S/C24H19N3O5S/c28-16-10-11-17(18(29)12-16)19(30)14-33-24-26-25-23(27(24)15-6-2-1-3-7-15)22-13-31-20-8-4-5-9-21(20)32-22/h1-12,22,28-29H,13-14H2/t22-/m1/s1. The van der Waals surface area contributed by atoms with Crippen LogP contribution in [0.5, 0.6) is 23.0 Å². The molecule has 0 saturated carbocycles. The summed E-state index contributed by atoms with van der Waals surface area (Å²) >= 11 is 1.20. The van der Waals surface area contributed by atoms with Gasteiger partial charge in [-0.15, -0.1) is 10.2 Å². The van der Waals surface area contributed by atoms with Gasteiger partial charge in [-0.1, -0.05) is 42.1 Å². The highest BCUT2D eigenvalue weighted by Crippen LogP contribution is 2.37. The van der Waals surface area contributed by atoms with E-state index in [1.54, 1.807) is 0 Å². The van der Waals surface area contributed by atoms with Crippen molar-refractivity contribution in [1.29, 1.82) is 0 Å². The molecule has 0 fully saturated rings. The maximum Gasteiger partial charge on any atom is 0.196 e. The molecule has 0 spiro atoms. The third kappa shape index (κ3) is 4.22. The summed E-state index contributed by atoms with van der Waals surface area (Å²) in [7, 11) is 0. The van der Waals surface area contributed by atoms with Gasteiger partial charge in [0.25, 0.3) is 0 Å². The van der Waals surface area contributed by atoms with E-state index in [0.29, 0.717) is 22.5 Å². The topological polar surface area (TPSA) is 107 Å². The van der Waals surface area contributed by atoms with Gasteiger partial charge >= 0.3 is 0 Å². The number of fused-ring (bicyclic) bond motifs is 1. The number of phenols is 2. The van der Waals surface area contributed by atoms with E-state index in [1.807, 2.05) is 59.2 Å². The molecular formula is C24H19N3O5S. The molecule has 0 saturated heterocycles. The summed E-state index contributed by atoms with van der Waals surface area (Å²) in [5, 5.41) is 28.6. The van der Waals surface area contributed by atoms with Gasteiger partial charge in [-0.3, -0.25) is 9.36 Å². The number of para-hydroxylation sites is 3. The normalized spacial score (nSPS) is 14.7. The number of Topliss-reactive ketones (excluding diaryl/α,β-unsaturated/α-hetero) is 1. The van der Waals surface area contributed by atoms with Crippen LogP contribution in [0.2, 0.25) is 0 Å². The number of ketones is 1. The first kappa shape index (κ1) is 20.9. The van der Waals surface area contributed by atoms with Gasteiger partial charge in [0, 0.05) is 11.8 Å². The number of rotatable bonds is 6. The Hall–Kier alpha value is -3.98. The summed E-state index contributed by atoms with van der Waals surface area (Å²) in [5.74, 6) is 1.20. The number of carbonyl (C=O) groups is 1. The number of hydrogen-bond donors (Lipinski definition) is 2. The summed E-state index contributed by atoms with van der Waals surface area (Å²) in [6.45, 7) is 0.271. The molecule has 166 valence electrons. The molecule has 8 nitrogen and oxygen atoms in total. The number of phenolic OH excluding ortho intramolecular Hbond substituents is 2. The molecule has 0 bridgehead atoms. The number of carbonyl (C=O) groups excluding carboxylic acids is 1. The fourth-order valence-electron chi connectivity index (χ4n) is 3.51. The third-order valence-corrected chi connectivity index (χ3v) is 6.01.